The molecule has 5 heteroatoms. The average molecular weight is 1210 g/mol. The Morgan fingerprint density at radius 1 is 0.348 bits per heavy atom. The first kappa shape index (κ1) is 55.7. The molecular formula is C87H89NO4. The van der Waals surface area contributed by atoms with E-state index in [-0.39, 0.29) is 72.9 Å². The van der Waals surface area contributed by atoms with Crippen LogP contribution in [0.4, 0.5) is 0 Å². The number of rotatable bonds is 4. The van der Waals surface area contributed by atoms with Crippen molar-refractivity contribution in [3.8, 4) is 22.3 Å². The minimum Gasteiger partial charge on any atom is -0.308 e. The van der Waals surface area contributed by atoms with Gasteiger partial charge in [-0.15, -0.1) is 0 Å². The van der Waals surface area contributed by atoms with Gasteiger partial charge in [-0.05, 0) is 303 Å². The lowest BCUT2D eigenvalue weighted by atomic mass is 9.60. The molecule has 0 aliphatic heterocycles. The smallest absolute Gasteiger partial charge is 0.169 e. The van der Waals surface area contributed by atoms with Crippen LogP contribution in [0.3, 0.4) is 0 Å². The van der Waals surface area contributed by atoms with Gasteiger partial charge in [-0.2, -0.15) is 0 Å². The van der Waals surface area contributed by atoms with Gasteiger partial charge in [0.2, 0.25) is 0 Å². The summed E-state index contributed by atoms with van der Waals surface area (Å²) in [6.45, 7) is 28.2. The standard InChI is InChI=1S/C87H89NO4/c1-43(2)84-27-19-80(9,20-28-84)63-37-55-53(35-57(63)76(84)89)47-13-14-48-69(55)49-15-17-51-72-52(18-16-50(71(49)72)70(48)56-38-64-58(36-54(47)56)77(90)85(44(3)4)29-21-81(64,10)22-30-85)74-62-40-66-60(79(92)87(46(7)8)33-25-83(66,12)26-34-87)42-68(62)88-67-41-59-65(39-61(67)73(51)75(74)88)82(11)23-31-86(32-24-82,45(5)6)78(59)91/h15-18,35-47H,13-14,19-34H2,1-12H3. The molecule has 0 saturated heterocycles. The van der Waals surface area contributed by atoms with E-state index in [0.29, 0.717) is 23.1 Å². The number of fused-ring (bicyclic) bond motifs is 26. The first-order valence-electron chi connectivity index (χ1n) is 36.4. The lowest BCUT2D eigenvalue weighted by Crippen LogP contribution is -2.39. The highest BCUT2D eigenvalue weighted by atomic mass is 16.1. The number of nitrogens with zero attached hydrogens (tertiary/aromatic N) is 1. The molecule has 0 N–H and O–H groups in total. The summed E-state index contributed by atoms with van der Waals surface area (Å²) < 4.78 is 2.54. The van der Waals surface area contributed by atoms with Gasteiger partial charge in [-0.1, -0.05) is 107 Å². The largest absolute Gasteiger partial charge is 0.308 e. The van der Waals surface area contributed by atoms with Crippen LogP contribution in [0.5, 0.6) is 0 Å². The van der Waals surface area contributed by atoms with E-state index in [4.69, 9.17) is 0 Å². The van der Waals surface area contributed by atoms with Gasteiger partial charge in [-0.25, -0.2) is 0 Å². The highest BCUT2D eigenvalue weighted by Gasteiger charge is 2.58. The zero-order valence-corrected chi connectivity index (χ0v) is 56.6. The third kappa shape index (κ3) is 6.09. The van der Waals surface area contributed by atoms with Crippen LogP contribution in [0.2, 0.25) is 0 Å². The maximum Gasteiger partial charge on any atom is 0.169 e. The molecule has 8 aromatic carbocycles. The minimum atomic E-state index is -0.389. The Hall–Kier alpha value is -6.72. The third-order valence-electron chi connectivity index (χ3n) is 31.0. The minimum absolute atomic E-state index is 0.00815. The summed E-state index contributed by atoms with van der Waals surface area (Å²) >= 11 is 0. The summed E-state index contributed by atoms with van der Waals surface area (Å²) in [4.78, 5) is 63.3. The highest BCUT2D eigenvalue weighted by Crippen LogP contribution is 2.66. The van der Waals surface area contributed by atoms with Gasteiger partial charge in [-0.3, -0.25) is 19.2 Å². The summed E-state index contributed by atoms with van der Waals surface area (Å²) in [7, 11) is 0. The van der Waals surface area contributed by atoms with Crippen LogP contribution in [0.15, 0.2) is 72.8 Å². The zero-order chi connectivity index (χ0) is 63.2. The Bertz CT molecular complexity index is 4860. The van der Waals surface area contributed by atoms with E-state index in [1.54, 1.807) is 0 Å². The SMILES string of the molecule is CC(C)C12CCC(C)(CC1)c1cc3c(cc1C2=O)C1CCc2c-3c3ccc4c5c(ccc(c2-c2cc6c(cc21)C(=O)C1(C(C)C)CCC6(C)CC1)c35)c1c2cc3c(cc2n2c5cc6c(cc5c4c12)C1(C)CCC(C(C)C)(CC1)C6=O)C(=O)C1(C(C)C)CCC3(C)CC1. The number of carbonyl (C=O) groups is 4. The fraction of sp³-hybridized carbons (Fsp3) is 0.494. The Kier molecular flexibility index (Phi) is 10.3. The van der Waals surface area contributed by atoms with E-state index in [9.17, 15) is 0 Å². The Labute approximate surface area is 541 Å². The van der Waals surface area contributed by atoms with Gasteiger partial charge in [0.15, 0.2) is 23.1 Å². The van der Waals surface area contributed by atoms with E-state index >= 15 is 19.2 Å². The number of hydrogen-bond donors (Lipinski definition) is 0. The third-order valence-corrected chi connectivity index (χ3v) is 31.0. The maximum atomic E-state index is 15.9. The van der Waals surface area contributed by atoms with Crippen LogP contribution in [0.25, 0.3) is 92.7 Å². The van der Waals surface area contributed by atoms with E-state index in [1.807, 2.05) is 0 Å². The van der Waals surface area contributed by atoms with E-state index in [0.717, 1.165) is 149 Å². The fourth-order valence-corrected chi connectivity index (χ4v) is 24.3. The number of carbonyl (C=O) groups excluding carboxylic acids is 4. The van der Waals surface area contributed by atoms with Crippen molar-refractivity contribution in [3.05, 3.63) is 134 Å². The summed E-state index contributed by atoms with van der Waals surface area (Å²) in [6, 6.07) is 29.8. The van der Waals surface area contributed by atoms with Crippen molar-refractivity contribution in [1.29, 1.82) is 0 Å². The molecule has 14 aliphatic rings. The van der Waals surface area contributed by atoms with Crippen molar-refractivity contribution < 1.29 is 19.2 Å². The van der Waals surface area contributed by atoms with Crippen LogP contribution in [0, 0.1) is 45.3 Å². The molecule has 14 aliphatic carbocycles. The number of ketones is 4. The molecule has 10 bridgehead atoms. The van der Waals surface area contributed by atoms with Crippen LogP contribution >= 0.6 is 0 Å². The molecule has 92 heavy (non-hydrogen) atoms. The highest BCUT2D eigenvalue weighted by molar-refractivity contribution is 6.44. The quantitative estimate of drug-likeness (QED) is 0.165. The first-order chi connectivity index (χ1) is 43.9. The lowest BCUT2D eigenvalue weighted by molar-refractivity contribution is 0.0537. The van der Waals surface area contributed by atoms with Crippen LogP contribution in [-0.2, 0) is 28.1 Å². The molecular weight excluding hydrogens is 1120 g/mol. The molecule has 5 nitrogen and oxygen atoms in total. The predicted octanol–water partition coefficient (Wildman–Crippen LogP) is 22.1. The summed E-state index contributed by atoms with van der Waals surface area (Å²) in [5.74, 6) is 2.30. The zero-order valence-electron chi connectivity index (χ0n) is 56.6. The topological polar surface area (TPSA) is 72.7 Å². The van der Waals surface area contributed by atoms with Crippen molar-refractivity contribution in [2.24, 2.45) is 45.3 Å². The second-order valence-corrected chi connectivity index (χ2v) is 35.4. The molecule has 466 valence electrons. The van der Waals surface area contributed by atoms with E-state index in [1.165, 1.54) is 121 Å². The summed E-state index contributed by atoms with van der Waals surface area (Å²) in [5, 5.41) is 12.6. The number of hydrogen-bond acceptors (Lipinski definition) is 4. The molecule has 0 amide bonds. The van der Waals surface area contributed by atoms with Crippen LogP contribution in [0.1, 0.15) is 279 Å². The maximum absolute atomic E-state index is 15.9. The van der Waals surface area contributed by atoms with Crippen LogP contribution < -0.4 is 0 Å². The second kappa shape index (κ2) is 17.0. The van der Waals surface area contributed by atoms with Crippen molar-refractivity contribution in [2.45, 2.75) is 226 Å². The number of Topliss-reactive ketones (excluding diaryl/α,β-unsaturated/α-hetero) is 4. The van der Waals surface area contributed by atoms with Crippen molar-refractivity contribution in [2.75, 3.05) is 0 Å². The molecule has 4 saturated carbocycles. The monoisotopic (exact) mass is 1210 g/mol. The normalized spacial score (nSPS) is 32.5. The Balaban J connectivity index is 0.968. The van der Waals surface area contributed by atoms with Gasteiger partial charge in [0.05, 0.1) is 16.6 Å². The number of aromatic nitrogens is 1. The molecule has 10 aromatic rings. The molecule has 0 radical (unpaired) electrons. The molecule has 0 unspecified atom stereocenters. The van der Waals surface area contributed by atoms with E-state index in [2.05, 4.69) is 160 Å². The van der Waals surface area contributed by atoms with Gasteiger partial charge >= 0.3 is 0 Å². The van der Waals surface area contributed by atoms with Crippen molar-refractivity contribution in [3.63, 3.8) is 0 Å². The Morgan fingerprint density at radius 3 is 0.989 bits per heavy atom. The molecule has 2 aromatic heterocycles. The van der Waals surface area contributed by atoms with Crippen molar-refractivity contribution in [1.82, 2.24) is 4.40 Å². The van der Waals surface area contributed by atoms with Gasteiger partial charge < -0.3 is 4.40 Å². The first-order valence-corrected chi connectivity index (χ1v) is 36.4. The summed E-state index contributed by atoms with van der Waals surface area (Å²) in [5.41, 5.74) is 19.2. The average Bonchev–Trinajstić information content (AvgIpc) is 1.45. The molecule has 4 fully saturated rings. The lowest BCUT2D eigenvalue weighted by Gasteiger charge is -2.43. The second-order valence-electron chi connectivity index (χ2n) is 35.4. The summed E-state index contributed by atoms with van der Waals surface area (Å²) in [6.07, 6.45) is 17.2. The van der Waals surface area contributed by atoms with Gasteiger partial charge in [0.25, 0.3) is 0 Å². The molecule has 0 atom stereocenters. The number of benzene rings is 8. The molecule has 0 spiro atoms. The van der Waals surface area contributed by atoms with Gasteiger partial charge in [0.1, 0.15) is 0 Å². The van der Waals surface area contributed by atoms with E-state index < -0.39 is 0 Å². The van der Waals surface area contributed by atoms with Crippen LogP contribution in [-0.4, -0.2) is 27.5 Å². The molecule has 2 heterocycles. The fourth-order valence-electron chi connectivity index (χ4n) is 24.3. The molecule has 24 rings (SSSR count). The van der Waals surface area contributed by atoms with Gasteiger partial charge in [0, 0.05) is 71.4 Å². The Morgan fingerprint density at radius 2 is 0.652 bits per heavy atom. The van der Waals surface area contributed by atoms with Crippen molar-refractivity contribution >= 4 is 93.5 Å². The predicted molar refractivity (Wildman–Crippen MR) is 376 cm³/mol.